The van der Waals surface area contributed by atoms with Crippen LogP contribution < -0.4 is 10.1 Å². The summed E-state index contributed by atoms with van der Waals surface area (Å²) in [6.07, 6.45) is 0. The molecule has 3 rings (SSSR count). The molecule has 1 heterocycles. The highest BCUT2D eigenvalue weighted by Crippen LogP contribution is 2.23. The number of nitrogens with zero attached hydrogens (tertiary/aromatic N) is 2. The number of fused-ring (bicyclic) bond motifs is 1. The third-order valence-corrected chi connectivity index (χ3v) is 4.80. The Morgan fingerprint density at radius 1 is 1.04 bits per heavy atom. The van der Waals surface area contributed by atoms with E-state index in [4.69, 9.17) is 4.74 Å². The minimum atomic E-state index is -0.435. The van der Waals surface area contributed by atoms with Crippen LogP contribution in [0.15, 0.2) is 48.5 Å². The predicted molar refractivity (Wildman–Crippen MR) is 104 cm³/mol. The van der Waals surface area contributed by atoms with E-state index in [1.165, 1.54) is 0 Å². The number of ether oxygens (including phenoxy) is 1. The molecule has 1 unspecified atom stereocenters. The van der Waals surface area contributed by atoms with Gasteiger partial charge in [0.25, 0.3) is 11.8 Å². The van der Waals surface area contributed by atoms with Gasteiger partial charge in [0, 0.05) is 6.54 Å². The number of likely N-dealkylation sites (N-methyl/N-ethyl adjacent to an activating group) is 1. The molecule has 0 aliphatic carbocycles. The normalized spacial score (nSPS) is 14.2. The molecule has 1 N–H and O–H groups in total. The number of benzene rings is 2. The highest BCUT2D eigenvalue weighted by Gasteiger charge is 2.36. The predicted octanol–water partition coefficient (Wildman–Crippen LogP) is 1.71. The fourth-order valence-electron chi connectivity index (χ4n) is 3.22. The largest absolute Gasteiger partial charge is 0.497 e. The average Bonchev–Trinajstić information content (AvgIpc) is 2.93. The molecule has 1 aliphatic heterocycles. The third-order valence-electron chi connectivity index (χ3n) is 4.80. The molecular formula is C21H23N3O4. The quantitative estimate of drug-likeness (QED) is 0.739. The van der Waals surface area contributed by atoms with Crippen molar-refractivity contribution in [1.29, 1.82) is 0 Å². The number of hydrogen-bond acceptors (Lipinski definition) is 5. The van der Waals surface area contributed by atoms with Crippen LogP contribution in [-0.2, 0) is 4.79 Å². The summed E-state index contributed by atoms with van der Waals surface area (Å²) in [6, 6.07) is 14.2. The van der Waals surface area contributed by atoms with Gasteiger partial charge in [-0.2, -0.15) is 0 Å². The van der Waals surface area contributed by atoms with E-state index >= 15 is 0 Å². The van der Waals surface area contributed by atoms with Crippen LogP contribution in [0.4, 0.5) is 0 Å². The maximum atomic E-state index is 12.4. The van der Waals surface area contributed by atoms with E-state index in [0.29, 0.717) is 17.7 Å². The lowest BCUT2D eigenvalue weighted by Gasteiger charge is -2.25. The number of carbonyl (C=O) groups excluding carboxylic acids is 3. The summed E-state index contributed by atoms with van der Waals surface area (Å²) in [7, 11) is 5.45. The molecule has 0 saturated carbocycles. The van der Waals surface area contributed by atoms with Gasteiger partial charge in [-0.25, -0.2) is 0 Å². The number of imide groups is 1. The zero-order valence-corrected chi connectivity index (χ0v) is 16.1. The van der Waals surface area contributed by atoms with Gasteiger partial charge >= 0.3 is 0 Å². The van der Waals surface area contributed by atoms with E-state index < -0.39 is 11.8 Å². The highest BCUT2D eigenvalue weighted by atomic mass is 16.5. The topological polar surface area (TPSA) is 79.0 Å². The van der Waals surface area contributed by atoms with Crippen molar-refractivity contribution in [2.75, 3.05) is 34.3 Å². The van der Waals surface area contributed by atoms with Gasteiger partial charge in [-0.3, -0.25) is 19.3 Å². The van der Waals surface area contributed by atoms with E-state index in [2.05, 4.69) is 5.32 Å². The van der Waals surface area contributed by atoms with Gasteiger partial charge < -0.3 is 15.0 Å². The van der Waals surface area contributed by atoms with E-state index in [0.717, 1.165) is 16.2 Å². The molecule has 0 spiro atoms. The lowest BCUT2D eigenvalue weighted by molar-refractivity contribution is -0.121. The van der Waals surface area contributed by atoms with Gasteiger partial charge in [0.05, 0.1) is 24.3 Å². The lowest BCUT2D eigenvalue weighted by atomic mass is 10.1. The summed E-state index contributed by atoms with van der Waals surface area (Å²) in [5, 5.41) is 2.83. The van der Waals surface area contributed by atoms with Crippen molar-refractivity contribution < 1.29 is 19.1 Å². The first-order valence-corrected chi connectivity index (χ1v) is 8.94. The molecule has 2 aromatic rings. The summed E-state index contributed by atoms with van der Waals surface area (Å²) >= 11 is 0. The summed E-state index contributed by atoms with van der Waals surface area (Å²) in [4.78, 5) is 40.1. The molecule has 146 valence electrons. The van der Waals surface area contributed by atoms with E-state index in [-0.39, 0.29) is 18.5 Å². The van der Waals surface area contributed by atoms with Crippen molar-refractivity contribution >= 4 is 17.7 Å². The van der Waals surface area contributed by atoms with Crippen molar-refractivity contribution in [3.63, 3.8) is 0 Å². The van der Waals surface area contributed by atoms with Gasteiger partial charge in [0.15, 0.2) is 0 Å². The van der Waals surface area contributed by atoms with Crippen LogP contribution in [0.2, 0.25) is 0 Å². The molecule has 1 aliphatic rings. The average molecular weight is 381 g/mol. The van der Waals surface area contributed by atoms with Gasteiger partial charge in [-0.1, -0.05) is 24.3 Å². The van der Waals surface area contributed by atoms with E-state index in [1.54, 1.807) is 31.4 Å². The van der Waals surface area contributed by atoms with Gasteiger partial charge in [0.2, 0.25) is 5.91 Å². The Morgan fingerprint density at radius 2 is 1.61 bits per heavy atom. The van der Waals surface area contributed by atoms with Crippen molar-refractivity contribution in [3.8, 4) is 5.75 Å². The maximum absolute atomic E-state index is 12.4. The first kappa shape index (κ1) is 19.6. The molecule has 0 radical (unpaired) electrons. The molecule has 28 heavy (non-hydrogen) atoms. The molecule has 0 fully saturated rings. The Balaban J connectivity index is 1.62. The summed E-state index contributed by atoms with van der Waals surface area (Å²) in [5.41, 5.74) is 1.70. The fourth-order valence-corrected chi connectivity index (χ4v) is 3.22. The van der Waals surface area contributed by atoms with Crippen molar-refractivity contribution in [3.05, 3.63) is 65.2 Å². The highest BCUT2D eigenvalue weighted by molar-refractivity contribution is 6.22. The molecule has 0 bridgehead atoms. The second kappa shape index (κ2) is 8.22. The van der Waals surface area contributed by atoms with Crippen molar-refractivity contribution in [2.24, 2.45) is 0 Å². The number of methoxy groups -OCH3 is 1. The third kappa shape index (κ3) is 3.89. The minimum absolute atomic E-state index is 0.0583. The number of rotatable bonds is 7. The smallest absolute Gasteiger partial charge is 0.262 e. The van der Waals surface area contributed by atoms with Crippen LogP contribution in [0, 0.1) is 0 Å². The molecule has 7 nitrogen and oxygen atoms in total. The molecule has 0 saturated heterocycles. The number of carbonyl (C=O) groups is 3. The first-order valence-electron chi connectivity index (χ1n) is 8.94. The van der Waals surface area contributed by atoms with Gasteiger partial charge in [-0.05, 0) is 43.9 Å². The van der Waals surface area contributed by atoms with Crippen LogP contribution >= 0.6 is 0 Å². The van der Waals surface area contributed by atoms with E-state index in [1.807, 2.05) is 43.3 Å². The molecular weight excluding hydrogens is 358 g/mol. The van der Waals surface area contributed by atoms with Gasteiger partial charge in [-0.15, -0.1) is 0 Å². The summed E-state index contributed by atoms with van der Waals surface area (Å²) < 4.78 is 5.18. The lowest BCUT2D eigenvalue weighted by Crippen LogP contribution is -2.42. The number of nitrogens with one attached hydrogen (secondary N) is 1. The summed E-state index contributed by atoms with van der Waals surface area (Å²) in [6.45, 7) is 0.0520. The van der Waals surface area contributed by atoms with Crippen molar-refractivity contribution in [1.82, 2.24) is 15.1 Å². The Kier molecular flexibility index (Phi) is 5.75. The molecule has 0 aromatic heterocycles. The fraction of sp³-hybridized carbons (Fsp3) is 0.286. The van der Waals surface area contributed by atoms with Crippen LogP contribution in [0.5, 0.6) is 5.75 Å². The molecule has 7 heteroatoms. The van der Waals surface area contributed by atoms with Gasteiger partial charge in [0.1, 0.15) is 12.3 Å². The maximum Gasteiger partial charge on any atom is 0.262 e. The Labute approximate surface area is 163 Å². The number of hydrogen-bond donors (Lipinski definition) is 1. The van der Waals surface area contributed by atoms with Crippen LogP contribution in [0.25, 0.3) is 0 Å². The van der Waals surface area contributed by atoms with E-state index in [9.17, 15) is 14.4 Å². The SMILES string of the molecule is COc1ccc(C(CNC(=O)CN2C(=O)c3ccccc3C2=O)N(C)C)cc1. The second-order valence-corrected chi connectivity index (χ2v) is 6.80. The minimum Gasteiger partial charge on any atom is -0.497 e. The van der Waals surface area contributed by atoms with Crippen molar-refractivity contribution in [2.45, 2.75) is 6.04 Å². The standard InChI is InChI=1S/C21H23N3O4/c1-23(2)18(14-8-10-15(28-3)11-9-14)12-22-19(25)13-24-20(26)16-6-4-5-7-17(16)21(24)27/h4-11,18H,12-13H2,1-3H3,(H,22,25). The second-order valence-electron chi connectivity index (χ2n) is 6.80. The zero-order valence-electron chi connectivity index (χ0n) is 16.1. The zero-order chi connectivity index (χ0) is 20.3. The molecule has 3 amide bonds. The summed E-state index contributed by atoms with van der Waals surface area (Å²) in [5.74, 6) is -0.490. The molecule has 2 aromatic carbocycles. The van der Waals surface area contributed by atoms with Crippen LogP contribution in [0.3, 0.4) is 0 Å². The number of amides is 3. The Bertz CT molecular complexity index is 858. The van der Waals surface area contributed by atoms with Crippen LogP contribution in [-0.4, -0.2) is 61.8 Å². The Morgan fingerprint density at radius 3 is 2.11 bits per heavy atom. The Hall–Kier alpha value is -3.19. The monoisotopic (exact) mass is 381 g/mol. The first-order chi connectivity index (χ1) is 13.4. The molecule has 1 atom stereocenters. The van der Waals surface area contributed by atoms with Crippen LogP contribution in [0.1, 0.15) is 32.3 Å².